The third-order valence-corrected chi connectivity index (χ3v) is 3.24. The van der Waals surface area contributed by atoms with E-state index >= 15 is 0 Å². The van der Waals surface area contributed by atoms with Gasteiger partial charge < -0.3 is 4.98 Å². The molecular weight excluding hydrogens is 434 g/mol. The largest absolute Gasteiger partial charge is 4.00 e. The molecule has 0 amide bonds. The van der Waals surface area contributed by atoms with Gasteiger partial charge in [0.05, 0.1) is 11.4 Å². The van der Waals surface area contributed by atoms with Crippen LogP contribution in [0.1, 0.15) is 0 Å². The van der Waals surface area contributed by atoms with Gasteiger partial charge in [-0.1, -0.05) is 24.3 Å². The second kappa shape index (κ2) is 10.8. The summed E-state index contributed by atoms with van der Waals surface area (Å²) in [5, 5.41) is 0. The van der Waals surface area contributed by atoms with Gasteiger partial charge in [0, 0.05) is 18.6 Å². The van der Waals surface area contributed by atoms with Gasteiger partial charge in [-0.15, -0.1) is 35.9 Å². The molecule has 4 rings (SSSR count). The summed E-state index contributed by atoms with van der Waals surface area (Å²) in [6.07, 6.45) is 5.32. The zero-order valence-corrected chi connectivity index (χ0v) is 16.7. The van der Waals surface area contributed by atoms with Crippen molar-refractivity contribution in [2.24, 2.45) is 0 Å². The Morgan fingerprint density at radius 2 is 1.00 bits per heavy atom. The van der Waals surface area contributed by atoms with Crippen LogP contribution in [0.5, 0.6) is 0 Å². The van der Waals surface area contributed by atoms with E-state index in [1.807, 2.05) is 78.9 Å². The Kier molecular flexibility index (Phi) is 8.38. The van der Waals surface area contributed by atoms with Crippen LogP contribution in [0.4, 0.5) is 0 Å². The van der Waals surface area contributed by atoms with Crippen LogP contribution in [0.15, 0.2) is 97.5 Å². The third kappa shape index (κ3) is 6.12. The third-order valence-electron chi connectivity index (χ3n) is 3.24. The maximum absolute atomic E-state index is 4.22. The SMILES string of the molecule is [Ce+4].[c-]1ccccc1-c1ccccn1.c1ccc(-c2ccccn2)nc1. The molecule has 116 valence electrons. The van der Waals surface area contributed by atoms with E-state index in [0.717, 1.165) is 22.6 Å². The van der Waals surface area contributed by atoms with Gasteiger partial charge in [-0.05, 0) is 36.0 Å². The maximum atomic E-state index is 4.22. The Morgan fingerprint density at radius 1 is 0.520 bits per heavy atom. The quantitative estimate of drug-likeness (QED) is 0.416. The van der Waals surface area contributed by atoms with Crippen molar-refractivity contribution in [3.05, 3.63) is 104 Å². The Balaban J connectivity index is 0.000000173. The van der Waals surface area contributed by atoms with Crippen molar-refractivity contribution in [2.45, 2.75) is 0 Å². The summed E-state index contributed by atoms with van der Waals surface area (Å²) in [6.45, 7) is 0. The fourth-order valence-electron chi connectivity index (χ4n) is 2.10. The first-order valence-corrected chi connectivity index (χ1v) is 7.64. The molecule has 0 N–H and O–H groups in total. The van der Waals surface area contributed by atoms with Crippen LogP contribution in [0.25, 0.3) is 22.6 Å². The summed E-state index contributed by atoms with van der Waals surface area (Å²) >= 11 is 0. The second-order valence-corrected chi connectivity index (χ2v) is 4.92. The molecule has 0 atom stereocenters. The number of aromatic nitrogens is 3. The fraction of sp³-hybridized carbons (Fsp3) is 0. The molecule has 0 radical (unpaired) electrons. The van der Waals surface area contributed by atoms with Crippen LogP contribution in [0, 0.1) is 47.8 Å². The summed E-state index contributed by atoms with van der Waals surface area (Å²) in [5.74, 6) is 0. The Bertz CT molecular complexity index is 689. The van der Waals surface area contributed by atoms with Gasteiger partial charge >= 0.3 is 41.7 Å². The molecule has 0 fully saturated rings. The number of benzene rings is 1. The minimum atomic E-state index is 0. The molecule has 0 bridgehead atoms. The first-order chi connectivity index (χ1) is 11.9. The van der Waals surface area contributed by atoms with Gasteiger partial charge in [0.2, 0.25) is 0 Å². The maximum Gasteiger partial charge on any atom is 4.00 e. The monoisotopic (exact) mass is 450 g/mol. The van der Waals surface area contributed by atoms with Crippen molar-refractivity contribution in [2.75, 3.05) is 0 Å². The molecule has 0 saturated heterocycles. The van der Waals surface area contributed by atoms with E-state index in [-0.39, 0.29) is 41.7 Å². The number of pyridine rings is 3. The van der Waals surface area contributed by atoms with Gasteiger partial charge in [0.15, 0.2) is 0 Å². The van der Waals surface area contributed by atoms with Crippen LogP contribution in [-0.2, 0) is 0 Å². The molecule has 0 aliphatic rings. The molecule has 0 aliphatic heterocycles. The van der Waals surface area contributed by atoms with Crippen molar-refractivity contribution in [1.82, 2.24) is 15.0 Å². The van der Waals surface area contributed by atoms with Crippen LogP contribution >= 0.6 is 0 Å². The number of nitrogens with zero attached hydrogens (tertiary/aromatic N) is 3. The summed E-state index contributed by atoms with van der Waals surface area (Å²) in [4.78, 5) is 12.6. The minimum absolute atomic E-state index is 0. The first-order valence-electron chi connectivity index (χ1n) is 7.64. The van der Waals surface area contributed by atoms with Crippen LogP contribution in [0.3, 0.4) is 0 Å². The second-order valence-electron chi connectivity index (χ2n) is 4.92. The Morgan fingerprint density at radius 3 is 1.40 bits per heavy atom. The molecule has 25 heavy (non-hydrogen) atoms. The summed E-state index contributed by atoms with van der Waals surface area (Å²) in [5.41, 5.74) is 3.84. The molecule has 0 unspecified atom stereocenters. The summed E-state index contributed by atoms with van der Waals surface area (Å²) in [7, 11) is 0. The van der Waals surface area contributed by atoms with E-state index < -0.39 is 0 Å². The molecule has 0 spiro atoms. The molecule has 3 aromatic heterocycles. The summed E-state index contributed by atoms with van der Waals surface area (Å²) in [6, 6.07) is 28.4. The van der Waals surface area contributed by atoms with E-state index in [4.69, 9.17) is 0 Å². The van der Waals surface area contributed by atoms with E-state index in [2.05, 4.69) is 21.0 Å². The topological polar surface area (TPSA) is 38.7 Å². The number of rotatable bonds is 2. The van der Waals surface area contributed by atoms with Gasteiger partial charge in [0.1, 0.15) is 0 Å². The van der Waals surface area contributed by atoms with E-state index in [0.29, 0.717) is 0 Å². The average molecular weight is 450 g/mol. The van der Waals surface area contributed by atoms with Gasteiger partial charge in [-0.3, -0.25) is 9.97 Å². The Labute approximate surface area is 181 Å². The van der Waals surface area contributed by atoms with Crippen molar-refractivity contribution < 1.29 is 41.7 Å². The molecule has 4 aromatic rings. The predicted molar refractivity (Wildman–Crippen MR) is 96.0 cm³/mol. The standard InChI is InChI=1S/C11H8N.C10H8N2.Ce/c1-2-6-10(7-3-1)11-8-4-5-9-12-11;1-3-7-11-9(5-1)10-6-2-4-8-12-10;/h1-6,8-9H;1-8H;/q-1;;+4. The fourth-order valence-corrected chi connectivity index (χ4v) is 2.10. The van der Waals surface area contributed by atoms with E-state index in [1.165, 1.54) is 0 Å². The van der Waals surface area contributed by atoms with Crippen molar-refractivity contribution >= 4 is 0 Å². The van der Waals surface area contributed by atoms with E-state index in [1.54, 1.807) is 18.6 Å². The molecule has 0 saturated carbocycles. The first kappa shape index (κ1) is 19.4. The zero-order valence-electron chi connectivity index (χ0n) is 13.6. The molecule has 3 heterocycles. The molecular formula is C21H16CeN3+3. The van der Waals surface area contributed by atoms with Crippen molar-refractivity contribution in [3.63, 3.8) is 0 Å². The smallest absolute Gasteiger partial charge is 0.305 e. The van der Waals surface area contributed by atoms with Gasteiger partial charge in [0.25, 0.3) is 0 Å². The molecule has 3 nitrogen and oxygen atoms in total. The summed E-state index contributed by atoms with van der Waals surface area (Å²) < 4.78 is 0. The number of hydrogen-bond acceptors (Lipinski definition) is 3. The van der Waals surface area contributed by atoms with E-state index in [9.17, 15) is 0 Å². The van der Waals surface area contributed by atoms with Crippen LogP contribution < -0.4 is 0 Å². The van der Waals surface area contributed by atoms with Crippen molar-refractivity contribution in [3.8, 4) is 22.6 Å². The Hall–Kier alpha value is -1.95. The molecule has 4 heteroatoms. The van der Waals surface area contributed by atoms with Crippen LogP contribution in [0.2, 0.25) is 0 Å². The average Bonchev–Trinajstić information content (AvgIpc) is 2.71. The zero-order chi connectivity index (χ0) is 16.5. The predicted octanol–water partition coefficient (Wildman–Crippen LogP) is 4.69. The van der Waals surface area contributed by atoms with Gasteiger partial charge in [-0.2, -0.15) is 0 Å². The van der Waals surface area contributed by atoms with Crippen molar-refractivity contribution in [1.29, 1.82) is 0 Å². The molecule has 1 aromatic carbocycles. The van der Waals surface area contributed by atoms with Gasteiger partial charge in [-0.25, -0.2) is 0 Å². The van der Waals surface area contributed by atoms with Crippen LogP contribution in [-0.4, -0.2) is 15.0 Å². The number of hydrogen-bond donors (Lipinski definition) is 0. The molecule has 0 aliphatic carbocycles. The minimum Gasteiger partial charge on any atom is -0.305 e. The normalized spacial score (nSPS) is 9.28.